The number of amides is 5. The zero-order chi connectivity index (χ0) is 33.0. The van der Waals surface area contributed by atoms with Gasteiger partial charge >= 0.3 is 6.09 Å². The van der Waals surface area contributed by atoms with Crippen LogP contribution >= 0.6 is 0 Å². The Kier molecular flexibility index (Phi) is 23.1. The van der Waals surface area contributed by atoms with E-state index in [-0.39, 0.29) is 26.1 Å². The van der Waals surface area contributed by atoms with Gasteiger partial charge in [-0.3, -0.25) is 19.2 Å². The predicted octanol–water partition coefficient (Wildman–Crippen LogP) is -2.63. The highest BCUT2D eigenvalue weighted by Gasteiger charge is 2.22. The molecule has 1 atom stereocenters. The molecule has 45 heavy (non-hydrogen) atoms. The number of nitrogens with one attached hydrogen (secondary N) is 5. The molecule has 17 heteroatoms. The van der Waals surface area contributed by atoms with E-state index in [1.807, 2.05) is 5.32 Å². The fourth-order valence-corrected chi connectivity index (χ4v) is 3.38. The second-order valence-corrected chi connectivity index (χ2v) is 9.16. The van der Waals surface area contributed by atoms with E-state index in [0.29, 0.717) is 66.0 Å². The van der Waals surface area contributed by atoms with Crippen LogP contribution in [-0.2, 0) is 49.3 Å². The second-order valence-electron chi connectivity index (χ2n) is 9.16. The fourth-order valence-electron chi connectivity index (χ4n) is 3.38. The Labute approximate surface area is 262 Å². The number of carbonyl (C=O) groups excluding carboxylic acids is 4. The summed E-state index contributed by atoms with van der Waals surface area (Å²) in [5, 5.41) is 20.3. The van der Waals surface area contributed by atoms with Crippen molar-refractivity contribution < 1.29 is 52.8 Å². The minimum absolute atomic E-state index is 0.136. The quantitative estimate of drug-likeness (QED) is 0.0488. The van der Waals surface area contributed by atoms with Crippen molar-refractivity contribution in [3.05, 3.63) is 35.9 Å². The van der Waals surface area contributed by atoms with Gasteiger partial charge in [-0.15, -0.1) is 0 Å². The molecule has 0 saturated carbocycles. The van der Waals surface area contributed by atoms with Crippen LogP contribution in [0.25, 0.3) is 0 Å². The van der Waals surface area contributed by atoms with E-state index in [0.717, 1.165) is 5.56 Å². The molecule has 0 saturated heterocycles. The summed E-state index contributed by atoms with van der Waals surface area (Å²) in [6, 6.07) is 7.88. The topological polar surface area (TPSA) is 238 Å². The van der Waals surface area contributed by atoms with Gasteiger partial charge < -0.3 is 61.1 Å². The Hall–Kier alpha value is -3.87. The molecule has 0 aliphatic carbocycles. The summed E-state index contributed by atoms with van der Waals surface area (Å²) in [5.41, 5.74) is 6.08. The normalized spacial score (nSPS) is 11.3. The number of carboxylic acid groups (broad SMARTS) is 1. The molecule has 0 heterocycles. The van der Waals surface area contributed by atoms with Crippen LogP contribution in [0.1, 0.15) is 5.56 Å². The van der Waals surface area contributed by atoms with Crippen molar-refractivity contribution in [1.82, 2.24) is 26.6 Å². The highest BCUT2D eigenvalue weighted by molar-refractivity contribution is 5.92. The molecule has 0 aromatic heterocycles. The van der Waals surface area contributed by atoms with Gasteiger partial charge in [0.25, 0.3) is 0 Å². The third kappa shape index (κ3) is 23.2. The maximum absolute atomic E-state index is 12.8. The smallest absolute Gasteiger partial charge is 0.405 e. The van der Waals surface area contributed by atoms with Crippen molar-refractivity contribution in [3.63, 3.8) is 0 Å². The van der Waals surface area contributed by atoms with E-state index >= 15 is 0 Å². The van der Waals surface area contributed by atoms with Crippen LogP contribution in [0.3, 0.4) is 0 Å². The number of hydrogen-bond acceptors (Lipinski definition) is 11. The second kappa shape index (κ2) is 26.5. The molecule has 1 unspecified atom stereocenters. The van der Waals surface area contributed by atoms with Crippen LogP contribution < -0.4 is 32.3 Å². The molecule has 0 aliphatic rings. The molecule has 17 nitrogen and oxygen atoms in total. The molecule has 0 aliphatic heterocycles. The van der Waals surface area contributed by atoms with Crippen LogP contribution in [0, 0.1) is 0 Å². The lowest BCUT2D eigenvalue weighted by Gasteiger charge is -2.19. The summed E-state index contributed by atoms with van der Waals surface area (Å²) in [4.78, 5) is 59.4. The van der Waals surface area contributed by atoms with Crippen LogP contribution in [0.15, 0.2) is 30.3 Å². The van der Waals surface area contributed by atoms with Crippen LogP contribution in [-0.4, -0.2) is 140 Å². The molecule has 8 N–H and O–H groups in total. The first-order valence-corrected chi connectivity index (χ1v) is 14.5. The Morgan fingerprint density at radius 1 is 0.622 bits per heavy atom. The molecule has 1 aromatic carbocycles. The number of carbonyl (C=O) groups is 5. The number of ether oxygens (including phenoxy) is 5. The molecule has 0 radical (unpaired) electrons. The van der Waals surface area contributed by atoms with Gasteiger partial charge in [0.2, 0.25) is 23.6 Å². The molecule has 1 rings (SSSR count). The highest BCUT2D eigenvalue weighted by Crippen LogP contribution is 2.03. The summed E-state index contributed by atoms with van der Waals surface area (Å²) < 4.78 is 26.7. The highest BCUT2D eigenvalue weighted by atomic mass is 16.6. The Bertz CT molecular complexity index is 987. The monoisotopic (exact) mass is 642 g/mol. The number of nitrogens with two attached hydrogens (primary N) is 1. The van der Waals surface area contributed by atoms with E-state index in [4.69, 9.17) is 34.5 Å². The summed E-state index contributed by atoms with van der Waals surface area (Å²) >= 11 is 0. The molecule has 1 aromatic rings. The van der Waals surface area contributed by atoms with Gasteiger partial charge in [0.1, 0.15) is 6.04 Å². The number of benzene rings is 1. The molecule has 0 bridgehead atoms. The Morgan fingerprint density at radius 2 is 1.11 bits per heavy atom. The lowest BCUT2D eigenvalue weighted by atomic mass is 10.1. The molecule has 0 fully saturated rings. The summed E-state index contributed by atoms with van der Waals surface area (Å²) in [6.45, 7) is 3.57. The lowest BCUT2D eigenvalue weighted by molar-refractivity contribution is -0.130. The predicted molar refractivity (Wildman–Crippen MR) is 160 cm³/mol. The van der Waals surface area contributed by atoms with Crippen molar-refractivity contribution >= 4 is 29.7 Å². The Balaban J connectivity index is 2.19. The summed E-state index contributed by atoms with van der Waals surface area (Å²) in [6.07, 6.45) is -1.25. The van der Waals surface area contributed by atoms with E-state index < -0.39 is 48.9 Å². The van der Waals surface area contributed by atoms with Crippen molar-refractivity contribution in [3.8, 4) is 0 Å². The van der Waals surface area contributed by atoms with Gasteiger partial charge in [-0.25, -0.2) is 4.79 Å². The third-order valence-electron chi connectivity index (χ3n) is 5.52. The van der Waals surface area contributed by atoms with Gasteiger partial charge in [0.05, 0.1) is 85.7 Å². The van der Waals surface area contributed by atoms with E-state index in [9.17, 15) is 24.0 Å². The van der Waals surface area contributed by atoms with Crippen molar-refractivity contribution in [2.24, 2.45) is 5.73 Å². The minimum atomic E-state index is -1.38. The molecular weight excluding hydrogens is 596 g/mol. The number of hydrogen-bond donors (Lipinski definition) is 7. The summed E-state index contributed by atoms with van der Waals surface area (Å²) in [5.74, 6) is -2.43. The molecule has 5 amide bonds. The van der Waals surface area contributed by atoms with Crippen LogP contribution in [0.4, 0.5) is 4.79 Å². The van der Waals surface area contributed by atoms with Gasteiger partial charge in [0.15, 0.2) is 0 Å². The standard InChI is InChI=1S/C28H46N6O11/c29-6-8-41-10-12-43-14-16-45-17-15-44-13-11-42-9-7-30-24(35)19-32-27(38)23(18-22-4-2-1-3-5-22)34-26(37)21-31-25(36)20-33-28(39)40/h1-5,23,33H,6-21,29H2,(H,30,35)(H,31,36)(H,32,38)(H,34,37)(H,39,40). The minimum Gasteiger partial charge on any atom is -0.465 e. The largest absolute Gasteiger partial charge is 0.465 e. The average Bonchev–Trinajstić information content (AvgIpc) is 3.03. The maximum Gasteiger partial charge on any atom is 0.405 e. The van der Waals surface area contributed by atoms with E-state index in [2.05, 4.69) is 21.3 Å². The van der Waals surface area contributed by atoms with Gasteiger partial charge in [0, 0.05) is 19.5 Å². The molecular formula is C28H46N6O11. The van der Waals surface area contributed by atoms with Crippen LogP contribution in [0.2, 0.25) is 0 Å². The van der Waals surface area contributed by atoms with Crippen molar-refractivity contribution in [1.29, 1.82) is 0 Å². The van der Waals surface area contributed by atoms with Gasteiger partial charge in [-0.1, -0.05) is 30.3 Å². The Morgan fingerprint density at radius 3 is 1.67 bits per heavy atom. The first-order valence-electron chi connectivity index (χ1n) is 14.5. The first kappa shape index (κ1) is 39.2. The lowest BCUT2D eigenvalue weighted by Crippen LogP contribution is -2.52. The fraction of sp³-hybridized carbons (Fsp3) is 0.607. The summed E-state index contributed by atoms with van der Waals surface area (Å²) in [7, 11) is 0. The van der Waals surface area contributed by atoms with Gasteiger partial charge in [-0.05, 0) is 5.56 Å². The van der Waals surface area contributed by atoms with Crippen LogP contribution in [0.5, 0.6) is 0 Å². The molecule has 0 spiro atoms. The van der Waals surface area contributed by atoms with Crippen molar-refractivity contribution in [2.45, 2.75) is 12.5 Å². The molecule has 254 valence electrons. The maximum atomic E-state index is 12.8. The average molecular weight is 643 g/mol. The van der Waals surface area contributed by atoms with E-state index in [1.54, 1.807) is 30.3 Å². The third-order valence-corrected chi connectivity index (χ3v) is 5.52. The van der Waals surface area contributed by atoms with Crippen molar-refractivity contribution in [2.75, 3.05) is 98.8 Å². The first-order chi connectivity index (χ1) is 21.8. The number of rotatable bonds is 27. The van der Waals surface area contributed by atoms with E-state index in [1.165, 1.54) is 0 Å². The zero-order valence-electron chi connectivity index (χ0n) is 25.4. The van der Waals surface area contributed by atoms with Gasteiger partial charge in [-0.2, -0.15) is 0 Å². The zero-order valence-corrected chi connectivity index (χ0v) is 25.4. The SMILES string of the molecule is NCCOCCOCCOCCOCCOCCNC(=O)CNC(=O)C(Cc1ccccc1)NC(=O)CNC(=O)CNC(=O)O.